The fraction of sp³-hybridized carbons (Fsp3) is 0.625. The number of hydrogen-bond donors (Lipinski definition) is 2. The highest BCUT2D eigenvalue weighted by molar-refractivity contribution is 5.85. The second-order valence-corrected chi connectivity index (χ2v) is 3.01. The molecule has 2 heterocycles. The molecule has 0 unspecified atom stereocenters. The van der Waals surface area contributed by atoms with E-state index in [9.17, 15) is 0 Å². The van der Waals surface area contributed by atoms with Gasteiger partial charge in [-0.05, 0) is 19.4 Å². The molecular formula is C8H15Cl2N3. The lowest BCUT2D eigenvalue weighted by Gasteiger charge is -2.21. The van der Waals surface area contributed by atoms with Crippen LogP contribution in [0, 0.1) is 0 Å². The van der Waals surface area contributed by atoms with E-state index in [2.05, 4.69) is 15.3 Å². The largest absolute Gasteiger partial charge is 0.347 e. The van der Waals surface area contributed by atoms with Crippen LogP contribution in [0.3, 0.4) is 0 Å². The Hall–Kier alpha value is -0.250. The van der Waals surface area contributed by atoms with E-state index < -0.39 is 0 Å². The van der Waals surface area contributed by atoms with Crippen molar-refractivity contribution >= 4 is 24.8 Å². The minimum atomic E-state index is 0. The summed E-state index contributed by atoms with van der Waals surface area (Å²) in [7, 11) is 0. The van der Waals surface area contributed by atoms with Gasteiger partial charge in [-0.2, -0.15) is 0 Å². The molecule has 2 N–H and O–H groups in total. The van der Waals surface area contributed by atoms with Gasteiger partial charge in [0, 0.05) is 12.2 Å². The first-order chi connectivity index (χ1) is 5.47. The minimum Gasteiger partial charge on any atom is -0.347 e. The second-order valence-electron chi connectivity index (χ2n) is 3.01. The molecule has 76 valence electrons. The summed E-state index contributed by atoms with van der Waals surface area (Å²) >= 11 is 0. The lowest BCUT2D eigenvalue weighted by atomic mass is 10.0. The monoisotopic (exact) mass is 223 g/mol. The van der Waals surface area contributed by atoms with Crippen molar-refractivity contribution < 1.29 is 0 Å². The zero-order valence-corrected chi connectivity index (χ0v) is 8.96. The molecular weight excluding hydrogens is 209 g/mol. The van der Waals surface area contributed by atoms with Crippen LogP contribution in [-0.2, 0) is 0 Å². The molecule has 1 atom stereocenters. The first-order valence-corrected chi connectivity index (χ1v) is 4.18. The van der Waals surface area contributed by atoms with E-state index in [4.69, 9.17) is 0 Å². The van der Waals surface area contributed by atoms with E-state index in [1.54, 1.807) is 6.33 Å². The summed E-state index contributed by atoms with van der Waals surface area (Å²) in [5.74, 6) is 0. The van der Waals surface area contributed by atoms with Crippen molar-refractivity contribution in [3.8, 4) is 0 Å². The zero-order valence-electron chi connectivity index (χ0n) is 7.32. The molecule has 1 aliphatic heterocycles. The number of nitrogens with one attached hydrogen (secondary N) is 2. The van der Waals surface area contributed by atoms with Crippen molar-refractivity contribution in [1.29, 1.82) is 0 Å². The van der Waals surface area contributed by atoms with E-state index in [1.807, 2.05) is 6.20 Å². The van der Waals surface area contributed by atoms with Crippen LogP contribution in [0.2, 0.25) is 0 Å². The molecule has 0 amide bonds. The van der Waals surface area contributed by atoms with Crippen molar-refractivity contribution in [2.75, 3.05) is 6.54 Å². The van der Waals surface area contributed by atoms with E-state index >= 15 is 0 Å². The normalized spacial score (nSPS) is 21.4. The van der Waals surface area contributed by atoms with Crippen LogP contribution in [0.1, 0.15) is 31.0 Å². The van der Waals surface area contributed by atoms with Gasteiger partial charge in [-0.25, -0.2) is 4.98 Å². The number of hydrogen-bond acceptors (Lipinski definition) is 2. The molecule has 0 radical (unpaired) electrons. The highest BCUT2D eigenvalue weighted by atomic mass is 35.5. The van der Waals surface area contributed by atoms with Crippen LogP contribution in [0.25, 0.3) is 0 Å². The van der Waals surface area contributed by atoms with Crippen LogP contribution in [0.5, 0.6) is 0 Å². The molecule has 3 nitrogen and oxygen atoms in total. The number of aromatic amines is 1. The Morgan fingerprint density at radius 3 is 2.69 bits per heavy atom. The lowest BCUT2D eigenvalue weighted by molar-refractivity contribution is 0.406. The van der Waals surface area contributed by atoms with E-state index in [1.165, 1.54) is 25.0 Å². The summed E-state index contributed by atoms with van der Waals surface area (Å²) in [5, 5.41) is 3.45. The number of piperidine rings is 1. The number of nitrogens with zero attached hydrogens (tertiary/aromatic N) is 1. The Bertz CT molecular complexity index is 207. The van der Waals surface area contributed by atoms with Gasteiger partial charge < -0.3 is 10.3 Å². The Morgan fingerprint density at radius 2 is 2.15 bits per heavy atom. The predicted molar refractivity (Wildman–Crippen MR) is 57.7 cm³/mol. The van der Waals surface area contributed by atoms with Gasteiger partial charge in [0.2, 0.25) is 0 Å². The molecule has 0 spiro atoms. The quantitative estimate of drug-likeness (QED) is 0.766. The average molecular weight is 224 g/mol. The van der Waals surface area contributed by atoms with Crippen LogP contribution in [0.4, 0.5) is 0 Å². The molecule has 0 bridgehead atoms. The molecule has 2 rings (SSSR count). The van der Waals surface area contributed by atoms with Crippen LogP contribution in [-0.4, -0.2) is 16.5 Å². The highest BCUT2D eigenvalue weighted by Gasteiger charge is 2.14. The molecule has 5 heteroatoms. The van der Waals surface area contributed by atoms with Gasteiger partial charge in [0.25, 0.3) is 0 Å². The average Bonchev–Trinajstić information content (AvgIpc) is 2.58. The Morgan fingerprint density at radius 1 is 1.31 bits per heavy atom. The standard InChI is InChI=1S/C8H13N3.2ClH/c1-2-4-10-7(3-1)8-5-9-6-11-8;;/h5-7,10H,1-4H2,(H,9,11);2*1H/t7-;;/m1../s1. The van der Waals surface area contributed by atoms with Crippen molar-refractivity contribution in [3.05, 3.63) is 18.2 Å². The summed E-state index contributed by atoms with van der Waals surface area (Å²) in [6, 6.07) is 0.520. The maximum Gasteiger partial charge on any atom is 0.0922 e. The minimum absolute atomic E-state index is 0. The number of aromatic nitrogens is 2. The summed E-state index contributed by atoms with van der Waals surface area (Å²) in [6.45, 7) is 1.14. The molecule has 1 fully saturated rings. The van der Waals surface area contributed by atoms with Crippen molar-refractivity contribution in [1.82, 2.24) is 15.3 Å². The van der Waals surface area contributed by atoms with Gasteiger partial charge >= 0.3 is 0 Å². The number of halogens is 2. The van der Waals surface area contributed by atoms with E-state index in [-0.39, 0.29) is 24.8 Å². The number of imidazole rings is 1. The maximum absolute atomic E-state index is 4.00. The molecule has 1 aromatic heterocycles. The summed E-state index contributed by atoms with van der Waals surface area (Å²) in [5.41, 5.74) is 1.23. The molecule has 1 aromatic rings. The lowest BCUT2D eigenvalue weighted by Crippen LogP contribution is -2.26. The maximum atomic E-state index is 4.00. The fourth-order valence-corrected chi connectivity index (χ4v) is 1.57. The number of rotatable bonds is 1. The molecule has 1 aliphatic rings. The SMILES string of the molecule is Cl.Cl.c1ncc([C@H]2CCCCN2)[nH]1. The molecule has 0 aliphatic carbocycles. The van der Waals surface area contributed by atoms with Gasteiger partial charge in [-0.3, -0.25) is 0 Å². The van der Waals surface area contributed by atoms with E-state index in [0.717, 1.165) is 6.54 Å². The van der Waals surface area contributed by atoms with Crippen molar-refractivity contribution in [2.45, 2.75) is 25.3 Å². The topological polar surface area (TPSA) is 40.7 Å². The summed E-state index contributed by atoms with van der Waals surface area (Å²) in [6.07, 6.45) is 7.53. The third-order valence-electron chi connectivity index (χ3n) is 2.21. The third-order valence-corrected chi connectivity index (χ3v) is 2.21. The van der Waals surface area contributed by atoms with Crippen molar-refractivity contribution in [2.24, 2.45) is 0 Å². The van der Waals surface area contributed by atoms with Gasteiger partial charge in [0.1, 0.15) is 0 Å². The smallest absolute Gasteiger partial charge is 0.0922 e. The first kappa shape index (κ1) is 12.8. The van der Waals surface area contributed by atoms with Gasteiger partial charge in [-0.15, -0.1) is 24.8 Å². The molecule has 0 aromatic carbocycles. The molecule has 1 saturated heterocycles. The Labute approximate surface area is 90.5 Å². The predicted octanol–water partition coefficient (Wildman–Crippen LogP) is 2.07. The van der Waals surface area contributed by atoms with Gasteiger partial charge in [0.05, 0.1) is 12.0 Å². The van der Waals surface area contributed by atoms with Crippen LogP contribution < -0.4 is 5.32 Å². The fourth-order valence-electron chi connectivity index (χ4n) is 1.57. The van der Waals surface area contributed by atoms with Crippen molar-refractivity contribution in [3.63, 3.8) is 0 Å². The first-order valence-electron chi connectivity index (χ1n) is 4.18. The zero-order chi connectivity index (χ0) is 7.52. The Kier molecular flexibility index (Phi) is 6.12. The summed E-state index contributed by atoms with van der Waals surface area (Å²) < 4.78 is 0. The molecule has 13 heavy (non-hydrogen) atoms. The second kappa shape index (κ2) is 6.24. The molecule has 0 saturated carbocycles. The number of H-pyrrole nitrogens is 1. The Balaban J connectivity index is 0.000000720. The summed E-state index contributed by atoms with van der Waals surface area (Å²) in [4.78, 5) is 7.14. The third kappa shape index (κ3) is 3.18. The van der Waals surface area contributed by atoms with Crippen LogP contribution >= 0.6 is 24.8 Å². The van der Waals surface area contributed by atoms with Crippen LogP contribution in [0.15, 0.2) is 12.5 Å². The van der Waals surface area contributed by atoms with Gasteiger partial charge in [-0.1, -0.05) is 6.42 Å². The van der Waals surface area contributed by atoms with E-state index in [0.29, 0.717) is 6.04 Å². The highest BCUT2D eigenvalue weighted by Crippen LogP contribution is 2.19. The van der Waals surface area contributed by atoms with Gasteiger partial charge in [0.15, 0.2) is 0 Å².